The maximum Gasteiger partial charge on any atom is 0.169 e. The Balaban J connectivity index is 2.53. The smallest absolute Gasteiger partial charge is 0.169 e. The summed E-state index contributed by atoms with van der Waals surface area (Å²) in [6, 6.07) is 8.85. The third-order valence-corrected chi connectivity index (χ3v) is 3.34. The summed E-state index contributed by atoms with van der Waals surface area (Å²) in [4.78, 5) is 0. The van der Waals surface area contributed by atoms with Crippen LogP contribution in [0.4, 0.5) is 0 Å². The molecule has 1 aromatic rings. The zero-order valence-corrected chi connectivity index (χ0v) is 9.33. The number of rotatable bonds is 2. The molecule has 1 fully saturated rings. The molecule has 0 aliphatic heterocycles. The SMILES string of the molecule is C#C[C@](O)(c1cccc(Cl)c1)C1(C#N)CC1. The Kier molecular flexibility index (Phi) is 2.43. The first-order chi connectivity index (χ1) is 7.58. The molecule has 16 heavy (non-hydrogen) atoms. The Hall–Kier alpha value is -1.48. The summed E-state index contributed by atoms with van der Waals surface area (Å²) in [5, 5.41) is 20.1. The molecule has 1 atom stereocenters. The first kappa shape index (κ1) is 11.0. The lowest BCUT2D eigenvalue weighted by molar-refractivity contribution is 0.0458. The van der Waals surface area contributed by atoms with Crippen LogP contribution in [-0.4, -0.2) is 5.11 Å². The first-order valence-corrected chi connectivity index (χ1v) is 5.33. The molecule has 2 rings (SSSR count). The Morgan fingerprint density at radius 3 is 2.62 bits per heavy atom. The third-order valence-electron chi connectivity index (χ3n) is 3.11. The van der Waals surface area contributed by atoms with E-state index in [9.17, 15) is 5.11 Å². The van der Waals surface area contributed by atoms with Gasteiger partial charge in [0.05, 0.1) is 6.07 Å². The van der Waals surface area contributed by atoms with Gasteiger partial charge in [-0.1, -0.05) is 29.7 Å². The van der Waals surface area contributed by atoms with Crippen molar-refractivity contribution in [2.45, 2.75) is 18.4 Å². The lowest BCUT2D eigenvalue weighted by atomic mass is 9.80. The highest BCUT2D eigenvalue weighted by atomic mass is 35.5. The van der Waals surface area contributed by atoms with Crippen LogP contribution in [0.25, 0.3) is 0 Å². The van der Waals surface area contributed by atoms with Gasteiger partial charge in [0.15, 0.2) is 5.60 Å². The van der Waals surface area contributed by atoms with E-state index in [1.165, 1.54) is 0 Å². The van der Waals surface area contributed by atoms with Crippen molar-refractivity contribution in [2.75, 3.05) is 0 Å². The van der Waals surface area contributed by atoms with Crippen molar-refractivity contribution in [3.8, 4) is 18.4 Å². The molecule has 1 aliphatic rings. The minimum absolute atomic E-state index is 0.500. The molecule has 0 amide bonds. The Bertz CT molecular complexity index is 507. The minimum Gasteiger partial charge on any atom is -0.372 e. The standard InChI is InChI=1S/C13H10ClNO/c1-2-13(16,12(9-15)6-7-12)10-4-3-5-11(14)8-10/h1,3-5,8,16H,6-7H2/t13-/m0/s1. The van der Waals surface area contributed by atoms with Crippen LogP contribution >= 0.6 is 11.6 Å². The summed E-state index contributed by atoms with van der Waals surface area (Å²) in [7, 11) is 0. The van der Waals surface area contributed by atoms with Crippen molar-refractivity contribution in [3.05, 3.63) is 34.9 Å². The molecular formula is C13H10ClNO. The van der Waals surface area contributed by atoms with E-state index < -0.39 is 11.0 Å². The van der Waals surface area contributed by atoms with Crippen molar-refractivity contribution < 1.29 is 5.11 Å². The van der Waals surface area contributed by atoms with Crippen LogP contribution in [-0.2, 0) is 5.60 Å². The van der Waals surface area contributed by atoms with Crippen LogP contribution in [0.2, 0.25) is 5.02 Å². The minimum atomic E-state index is -1.54. The molecule has 0 bridgehead atoms. The Morgan fingerprint density at radius 2 is 2.19 bits per heavy atom. The van der Waals surface area contributed by atoms with E-state index in [1.54, 1.807) is 24.3 Å². The summed E-state index contributed by atoms with van der Waals surface area (Å²) in [5.41, 5.74) is -1.86. The van der Waals surface area contributed by atoms with Crippen LogP contribution in [0.15, 0.2) is 24.3 Å². The van der Waals surface area contributed by atoms with Gasteiger partial charge in [-0.3, -0.25) is 0 Å². The molecule has 1 saturated carbocycles. The van der Waals surface area contributed by atoms with Crippen molar-refractivity contribution in [1.82, 2.24) is 0 Å². The number of nitrogens with zero attached hydrogens (tertiary/aromatic N) is 1. The van der Waals surface area contributed by atoms with Crippen LogP contribution in [0.1, 0.15) is 18.4 Å². The molecule has 0 radical (unpaired) electrons. The van der Waals surface area contributed by atoms with Crippen LogP contribution in [0.3, 0.4) is 0 Å². The molecule has 3 heteroatoms. The predicted molar refractivity (Wildman–Crippen MR) is 61.5 cm³/mol. The summed E-state index contributed by atoms with van der Waals surface area (Å²) in [6.07, 6.45) is 6.64. The first-order valence-electron chi connectivity index (χ1n) is 4.95. The van der Waals surface area contributed by atoms with Crippen LogP contribution < -0.4 is 0 Å². The number of terminal acetylenes is 1. The second kappa shape index (κ2) is 3.52. The number of benzene rings is 1. The van der Waals surface area contributed by atoms with E-state index in [0.717, 1.165) is 0 Å². The summed E-state index contributed by atoms with van der Waals surface area (Å²) < 4.78 is 0. The Morgan fingerprint density at radius 1 is 1.50 bits per heavy atom. The van der Waals surface area contributed by atoms with Gasteiger partial charge >= 0.3 is 0 Å². The highest BCUT2D eigenvalue weighted by Gasteiger charge is 2.60. The van der Waals surface area contributed by atoms with Gasteiger partial charge in [0.2, 0.25) is 0 Å². The van der Waals surface area contributed by atoms with Gasteiger partial charge in [0.25, 0.3) is 0 Å². The fourth-order valence-corrected chi connectivity index (χ4v) is 2.08. The second-order valence-electron chi connectivity index (χ2n) is 4.06. The average Bonchev–Trinajstić information content (AvgIpc) is 3.09. The van der Waals surface area contributed by atoms with Crippen molar-refractivity contribution in [1.29, 1.82) is 5.26 Å². The van der Waals surface area contributed by atoms with E-state index in [0.29, 0.717) is 23.4 Å². The molecule has 0 heterocycles. The molecule has 0 aromatic heterocycles. The molecule has 0 spiro atoms. The molecule has 80 valence electrons. The quantitative estimate of drug-likeness (QED) is 0.795. The van der Waals surface area contributed by atoms with Gasteiger partial charge in [0, 0.05) is 5.02 Å². The van der Waals surface area contributed by atoms with Crippen LogP contribution in [0, 0.1) is 29.1 Å². The maximum absolute atomic E-state index is 10.5. The van der Waals surface area contributed by atoms with Crippen molar-refractivity contribution >= 4 is 11.6 Å². The van der Waals surface area contributed by atoms with E-state index in [-0.39, 0.29) is 0 Å². The molecule has 1 aromatic carbocycles. The molecule has 0 saturated heterocycles. The molecular weight excluding hydrogens is 222 g/mol. The van der Waals surface area contributed by atoms with E-state index in [1.807, 2.05) is 0 Å². The van der Waals surface area contributed by atoms with E-state index >= 15 is 0 Å². The highest BCUT2D eigenvalue weighted by Crippen LogP contribution is 2.57. The maximum atomic E-state index is 10.5. The van der Waals surface area contributed by atoms with Gasteiger partial charge in [-0.05, 0) is 30.5 Å². The number of nitriles is 1. The number of halogens is 1. The summed E-state index contributed by atoms with van der Waals surface area (Å²) in [5.74, 6) is 2.35. The fraction of sp³-hybridized carbons (Fsp3) is 0.308. The lowest BCUT2D eigenvalue weighted by Crippen LogP contribution is -2.34. The van der Waals surface area contributed by atoms with Crippen molar-refractivity contribution in [2.24, 2.45) is 5.41 Å². The molecule has 1 N–H and O–H groups in total. The van der Waals surface area contributed by atoms with E-state index in [2.05, 4.69) is 12.0 Å². The van der Waals surface area contributed by atoms with E-state index in [4.69, 9.17) is 23.3 Å². The van der Waals surface area contributed by atoms with Crippen LogP contribution in [0.5, 0.6) is 0 Å². The Labute approximate surface area is 99.5 Å². The molecule has 1 aliphatic carbocycles. The zero-order valence-electron chi connectivity index (χ0n) is 8.57. The van der Waals surface area contributed by atoms with Gasteiger partial charge in [-0.2, -0.15) is 5.26 Å². The topological polar surface area (TPSA) is 44.0 Å². The average molecular weight is 232 g/mol. The number of aliphatic hydroxyl groups is 1. The molecule has 2 nitrogen and oxygen atoms in total. The lowest BCUT2D eigenvalue weighted by Gasteiger charge is -2.27. The van der Waals surface area contributed by atoms with Gasteiger partial charge in [-0.15, -0.1) is 6.42 Å². The largest absolute Gasteiger partial charge is 0.372 e. The third kappa shape index (κ3) is 1.39. The monoisotopic (exact) mass is 231 g/mol. The summed E-state index contributed by atoms with van der Waals surface area (Å²) >= 11 is 5.86. The number of hydrogen-bond donors (Lipinski definition) is 1. The number of hydrogen-bond acceptors (Lipinski definition) is 2. The zero-order chi connectivity index (χ0) is 11.8. The van der Waals surface area contributed by atoms with Gasteiger partial charge < -0.3 is 5.11 Å². The van der Waals surface area contributed by atoms with Gasteiger partial charge in [-0.25, -0.2) is 0 Å². The predicted octanol–water partition coefficient (Wildman–Crippen LogP) is 2.46. The van der Waals surface area contributed by atoms with Gasteiger partial charge in [0.1, 0.15) is 5.41 Å². The summed E-state index contributed by atoms with van der Waals surface area (Å²) in [6.45, 7) is 0. The highest BCUT2D eigenvalue weighted by molar-refractivity contribution is 6.30. The second-order valence-corrected chi connectivity index (χ2v) is 4.50. The molecule has 0 unspecified atom stereocenters. The van der Waals surface area contributed by atoms with Crippen molar-refractivity contribution in [3.63, 3.8) is 0 Å². The normalized spacial score (nSPS) is 20.2. The fourth-order valence-electron chi connectivity index (χ4n) is 1.89.